The predicted molar refractivity (Wildman–Crippen MR) is 85.6 cm³/mol. The Morgan fingerprint density at radius 1 is 0.955 bits per heavy atom. The maximum Gasteiger partial charge on any atom is 0.356 e. The summed E-state index contributed by atoms with van der Waals surface area (Å²) in [6.07, 6.45) is 0. The number of benzene rings is 2. The van der Waals surface area contributed by atoms with Gasteiger partial charge in [-0.2, -0.15) is 9.97 Å². The Kier molecular flexibility index (Phi) is 3.67. The minimum absolute atomic E-state index is 0.120. The van der Waals surface area contributed by atoms with E-state index in [2.05, 4.69) is 39.7 Å². The number of fused-ring (bicyclic) bond motifs is 1. The first-order valence-corrected chi connectivity index (χ1v) is 6.79. The summed E-state index contributed by atoms with van der Waals surface area (Å²) in [5.74, 6) is 5.80. The van der Waals surface area contributed by atoms with Gasteiger partial charge in [-0.3, -0.25) is 5.43 Å². The Morgan fingerprint density at radius 3 is 1.95 bits per heavy atom. The summed E-state index contributed by atoms with van der Waals surface area (Å²) in [5.41, 5.74) is 5.42. The molecule has 0 bridgehead atoms. The van der Waals surface area contributed by atoms with Gasteiger partial charge in [0.1, 0.15) is 5.82 Å². The van der Waals surface area contributed by atoms with Crippen molar-refractivity contribution in [2.24, 2.45) is 5.84 Å². The number of rotatable bonds is 2. The van der Waals surface area contributed by atoms with E-state index in [0.717, 1.165) is 5.69 Å². The molecule has 0 fully saturated rings. The summed E-state index contributed by atoms with van der Waals surface area (Å²) < 4.78 is 1.42. The second-order valence-corrected chi connectivity index (χ2v) is 4.77. The lowest BCUT2D eigenvalue weighted by Crippen LogP contribution is -2.27. The average Bonchev–Trinajstić information content (AvgIpc) is 2.51. The molecular formula is C16H15N5O. The number of anilines is 1. The van der Waals surface area contributed by atoms with Gasteiger partial charge in [-0.15, -0.1) is 0 Å². The molecule has 0 aliphatic heterocycles. The molecule has 4 rings (SSSR count). The van der Waals surface area contributed by atoms with Crippen LogP contribution in [0.4, 0.5) is 5.95 Å². The lowest BCUT2D eigenvalue weighted by molar-refractivity contribution is 0.811. The molecule has 2 aromatic rings. The van der Waals surface area contributed by atoms with Crippen LogP contribution in [-0.2, 0) is 0 Å². The number of hydrazine groups is 1. The molecular weight excluding hydrogens is 278 g/mol. The van der Waals surface area contributed by atoms with E-state index >= 15 is 0 Å². The SMILES string of the molecule is Cc1nc(NN)nc(=O)n1-c1ccccc1.c1cc2ccc1-2. The molecule has 0 spiro atoms. The number of aryl methyl sites for hydroxylation is 1. The van der Waals surface area contributed by atoms with Crippen LogP contribution in [0.15, 0.2) is 59.4 Å². The highest BCUT2D eigenvalue weighted by molar-refractivity contribution is 5.75. The van der Waals surface area contributed by atoms with Crippen LogP contribution >= 0.6 is 0 Å². The van der Waals surface area contributed by atoms with Crippen molar-refractivity contribution < 1.29 is 0 Å². The van der Waals surface area contributed by atoms with Crippen molar-refractivity contribution in [1.82, 2.24) is 14.5 Å². The van der Waals surface area contributed by atoms with Crippen LogP contribution in [0.2, 0.25) is 0 Å². The molecule has 0 unspecified atom stereocenters. The minimum atomic E-state index is -0.411. The van der Waals surface area contributed by atoms with Crippen molar-refractivity contribution in [3.8, 4) is 16.8 Å². The highest BCUT2D eigenvalue weighted by Crippen LogP contribution is 2.29. The predicted octanol–water partition coefficient (Wildman–Crippen LogP) is 1.89. The molecule has 1 heterocycles. The second kappa shape index (κ2) is 5.79. The number of nitrogens with one attached hydrogen (secondary N) is 1. The van der Waals surface area contributed by atoms with E-state index in [9.17, 15) is 4.79 Å². The second-order valence-electron chi connectivity index (χ2n) is 4.77. The first-order valence-electron chi connectivity index (χ1n) is 6.79. The number of nitrogens with zero attached hydrogens (tertiary/aromatic N) is 3. The van der Waals surface area contributed by atoms with Gasteiger partial charge >= 0.3 is 5.69 Å². The Balaban J connectivity index is 0.000000196. The number of hydrogen-bond acceptors (Lipinski definition) is 5. The molecule has 0 radical (unpaired) electrons. The van der Waals surface area contributed by atoms with Gasteiger partial charge in [-0.25, -0.2) is 15.2 Å². The first-order chi connectivity index (χ1) is 10.7. The van der Waals surface area contributed by atoms with Crippen molar-refractivity contribution in [3.63, 3.8) is 0 Å². The fraction of sp³-hybridized carbons (Fsp3) is 0.0625. The highest BCUT2D eigenvalue weighted by atomic mass is 16.1. The lowest BCUT2D eigenvalue weighted by Gasteiger charge is -2.10. The third kappa shape index (κ3) is 2.59. The molecule has 110 valence electrons. The van der Waals surface area contributed by atoms with Gasteiger partial charge in [0.25, 0.3) is 0 Å². The molecule has 22 heavy (non-hydrogen) atoms. The Labute approximate surface area is 127 Å². The highest BCUT2D eigenvalue weighted by Gasteiger charge is 2.07. The Bertz CT molecular complexity index is 820. The molecule has 0 atom stereocenters. The first kappa shape index (κ1) is 14.0. The van der Waals surface area contributed by atoms with Crippen molar-refractivity contribution >= 4 is 5.95 Å². The topological polar surface area (TPSA) is 85.8 Å². The van der Waals surface area contributed by atoms with Gasteiger partial charge in [0, 0.05) is 0 Å². The van der Waals surface area contributed by atoms with Gasteiger partial charge in [-0.05, 0) is 30.2 Å². The van der Waals surface area contributed by atoms with Gasteiger partial charge in [-0.1, -0.05) is 42.5 Å². The van der Waals surface area contributed by atoms with E-state index in [0.29, 0.717) is 5.82 Å². The molecule has 0 saturated heterocycles. The summed E-state index contributed by atoms with van der Waals surface area (Å²) in [6, 6.07) is 17.7. The van der Waals surface area contributed by atoms with Gasteiger partial charge in [0.05, 0.1) is 5.69 Å². The standard InChI is InChI=1S/C10H11N5O.C6H4/c1-7-12-9(14-11)13-10(16)15(7)8-5-3-2-4-6-8;1-2-6-4-3-5(1)6/h2-6H,11H2,1H3,(H,13,14,16);1-4H. The quantitative estimate of drug-likeness (QED) is 0.435. The molecule has 6 nitrogen and oxygen atoms in total. The summed E-state index contributed by atoms with van der Waals surface area (Å²) in [6.45, 7) is 1.72. The molecule has 2 aliphatic carbocycles. The van der Waals surface area contributed by atoms with Crippen molar-refractivity contribution in [2.45, 2.75) is 6.92 Å². The number of hydrogen-bond donors (Lipinski definition) is 2. The normalized spacial score (nSPS) is 10.5. The zero-order valence-electron chi connectivity index (χ0n) is 12.0. The van der Waals surface area contributed by atoms with Crippen LogP contribution in [0.1, 0.15) is 5.82 Å². The van der Waals surface area contributed by atoms with Gasteiger partial charge in [0.2, 0.25) is 5.95 Å². The lowest BCUT2D eigenvalue weighted by atomic mass is 9.95. The average molecular weight is 293 g/mol. The third-order valence-electron chi connectivity index (χ3n) is 3.35. The summed E-state index contributed by atoms with van der Waals surface area (Å²) in [5, 5.41) is 0. The van der Waals surface area contributed by atoms with E-state index in [1.807, 2.05) is 30.3 Å². The summed E-state index contributed by atoms with van der Waals surface area (Å²) >= 11 is 0. The van der Waals surface area contributed by atoms with E-state index in [1.165, 1.54) is 15.7 Å². The molecule has 1 aromatic heterocycles. The van der Waals surface area contributed by atoms with Crippen LogP contribution in [0, 0.1) is 6.92 Å². The third-order valence-corrected chi connectivity index (χ3v) is 3.35. The van der Waals surface area contributed by atoms with Crippen LogP contribution in [0.25, 0.3) is 16.8 Å². The zero-order chi connectivity index (χ0) is 15.5. The number of nitrogen functional groups attached to an aromatic ring is 1. The van der Waals surface area contributed by atoms with E-state index < -0.39 is 5.69 Å². The van der Waals surface area contributed by atoms with E-state index in [4.69, 9.17) is 5.84 Å². The Hall–Kier alpha value is -2.99. The van der Waals surface area contributed by atoms with E-state index in [1.54, 1.807) is 6.92 Å². The number of aromatic nitrogens is 3. The number of para-hydroxylation sites is 1. The van der Waals surface area contributed by atoms with Crippen LogP contribution in [-0.4, -0.2) is 14.5 Å². The van der Waals surface area contributed by atoms with Crippen LogP contribution in [0.3, 0.4) is 0 Å². The smallest absolute Gasteiger partial charge is 0.292 e. The van der Waals surface area contributed by atoms with Crippen molar-refractivity contribution in [3.05, 3.63) is 70.9 Å². The largest absolute Gasteiger partial charge is 0.356 e. The monoisotopic (exact) mass is 293 g/mol. The van der Waals surface area contributed by atoms with Crippen molar-refractivity contribution in [1.29, 1.82) is 0 Å². The van der Waals surface area contributed by atoms with Crippen molar-refractivity contribution in [2.75, 3.05) is 5.43 Å². The molecule has 3 N–H and O–H groups in total. The minimum Gasteiger partial charge on any atom is -0.292 e. The van der Waals surface area contributed by atoms with Gasteiger partial charge in [0.15, 0.2) is 0 Å². The molecule has 1 aromatic carbocycles. The summed E-state index contributed by atoms with van der Waals surface area (Å²) in [7, 11) is 0. The molecule has 0 saturated carbocycles. The fourth-order valence-corrected chi connectivity index (χ4v) is 2.11. The summed E-state index contributed by atoms with van der Waals surface area (Å²) in [4.78, 5) is 19.5. The maximum absolute atomic E-state index is 11.7. The number of nitrogens with two attached hydrogens (primary N) is 1. The maximum atomic E-state index is 11.7. The van der Waals surface area contributed by atoms with Crippen LogP contribution < -0.4 is 17.0 Å². The van der Waals surface area contributed by atoms with E-state index in [-0.39, 0.29) is 5.95 Å². The van der Waals surface area contributed by atoms with Gasteiger partial charge < -0.3 is 0 Å². The molecule has 6 heteroatoms. The Morgan fingerprint density at radius 2 is 1.55 bits per heavy atom. The fourth-order valence-electron chi connectivity index (χ4n) is 2.11. The molecule has 0 amide bonds. The molecule has 2 aliphatic rings. The zero-order valence-corrected chi connectivity index (χ0v) is 12.0. The van der Waals surface area contributed by atoms with Crippen LogP contribution in [0.5, 0.6) is 0 Å².